The van der Waals surface area contributed by atoms with Crippen LogP contribution in [0.15, 0.2) is 24.3 Å². The number of hydroxylamine groups is 2. The lowest BCUT2D eigenvalue weighted by Crippen LogP contribution is -2.60. The highest BCUT2D eigenvalue weighted by molar-refractivity contribution is 5.59. The summed E-state index contributed by atoms with van der Waals surface area (Å²) in [5, 5.41) is 23.9. The number of nitro groups is 2. The molecule has 9 nitrogen and oxygen atoms in total. The Morgan fingerprint density at radius 1 is 1.11 bits per heavy atom. The van der Waals surface area contributed by atoms with Gasteiger partial charge in [0.15, 0.2) is 6.29 Å². The van der Waals surface area contributed by atoms with E-state index in [0.717, 1.165) is 19.3 Å². The van der Waals surface area contributed by atoms with Gasteiger partial charge in [0.05, 0.1) is 10.8 Å². The Bertz CT molecular complexity index is 716. The summed E-state index contributed by atoms with van der Waals surface area (Å²) in [6, 6.07) is 5.44. The van der Waals surface area contributed by atoms with Crippen LogP contribution in [0.1, 0.15) is 58.4 Å². The minimum absolute atomic E-state index is 0.120. The van der Waals surface area contributed by atoms with Crippen molar-refractivity contribution in [3.8, 4) is 0 Å². The van der Waals surface area contributed by atoms with E-state index in [9.17, 15) is 25.0 Å². The zero-order valence-electron chi connectivity index (χ0n) is 16.7. The molecule has 1 aliphatic heterocycles. The molecule has 0 aliphatic carbocycles. The molecule has 1 aromatic rings. The second-order valence-corrected chi connectivity index (χ2v) is 8.45. The molecule has 0 bridgehead atoms. The number of piperidine rings is 1. The van der Waals surface area contributed by atoms with Crippen LogP contribution < -0.4 is 0 Å². The van der Waals surface area contributed by atoms with Gasteiger partial charge in [0.1, 0.15) is 6.10 Å². The first-order valence-corrected chi connectivity index (χ1v) is 9.26. The number of carbonyl (C=O) groups is 1. The van der Waals surface area contributed by atoms with Gasteiger partial charge in [-0.15, -0.1) is 0 Å². The predicted molar refractivity (Wildman–Crippen MR) is 102 cm³/mol. The summed E-state index contributed by atoms with van der Waals surface area (Å²) >= 11 is 0. The monoisotopic (exact) mass is 393 g/mol. The Hall–Kier alpha value is -2.39. The average Bonchev–Trinajstić information content (AvgIpc) is 2.59. The molecule has 0 unspecified atom stereocenters. The van der Waals surface area contributed by atoms with E-state index in [4.69, 9.17) is 4.84 Å². The molecule has 154 valence electrons. The van der Waals surface area contributed by atoms with Gasteiger partial charge in [-0.05, 0) is 52.5 Å². The summed E-state index contributed by atoms with van der Waals surface area (Å²) in [6.45, 7) is 7.55. The minimum atomic E-state index is -1.08. The number of nitrogens with zero attached hydrogens (tertiary/aromatic N) is 3. The predicted octanol–water partition coefficient (Wildman–Crippen LogP) is 3.50. The highest BCUT2D eigenvalue weighted by Gasteiger charge is 2.45. The van der Waals surface area contributed by atoms with Crippen LogP contribution in [0.5, 0.6) is 0 Å². The maximum absolute atomic E-state index is 11.9. The van der Waals surface area contributed by atoms with Crippen LogP contribution in [-0.2, 0) is 9.63 Å². The summed E-state index contributed by atoms with van der Waals surface area (Å²) in [4.78, 5) is 39.0. The fourth-order valence-electron chi connectivity index (χ4n) is 3.98. The van der Waals surface area contributed by atoms with Crippen molar-refractivity contribution in [2.75, 3.05) is 6.54 Å². The van der Waals surface area contributed by atoms with Crippen LogP contribution in [0.25, 0.3) is 0 Å². The van der Waals surface area contributed by atoms with Crippen molar-refractivity contribution in [3.05, 3.63) is 50.1 Å². The zero-order valence-corrected chi connectivity index (χ0v) is 16.7. The van der Waals surface area contributed by atoms with Crippen LogP contribution in [0, 0.1) is 20.2 Å². The number of non-ortho nitro benzene ring substituents is 1. The summed E-state index contributed by atoms with van der Waals surface area (Å²) in [5.41, 5.74) is -0.340. The van der Waals surface area contributed by atoms with E-state index in [1.807, 2.05) is 27.7 Å². The second kappa shape index (κ2) is 8.32. The maximum Gasteiger partial charge on any atom is 0.269 e. The topological polar surface area (TPSA) is 116 Å². The average molecular weight is 393 g/mol. The quantitative estimate of drug-likeness (QED) is 0.377. The molecule has 2 atom stereocenters. The van der Waals surface area contributed by atoms with Gasteiger partial charge in [0, 0.05) is 28.1 Å². The molecule has 0 aromatic heterocycles. The van der Waals surface area contributed by atoms with Gasteiger partial charge in [-0.3, -0.25) is 25.1 Å². The van der Waals surface area contributed by atoms with Crippen LogP contribution >= 0.6 is 0 Å². The molecule has 1 aliphatic rings. The molecule has 1 fully saturated rings. The normalized spacial score (nSPS) is 20.9. The molecule has 0 saturated carbocycles. The molecule has 1 saturated heterocycles. The van der Waals surface area contributed by atoms with Gasteiger partial charge < -0.3 is 4.79 Å². The Morgan fingerprint density at radius 2 is 1.64 bits per heavy atom. The standard InChI is InChI=1S/C19H27N3O6/c1-18(2)10-5-11-19(3,4)22(18)28-17(13-23)16(12-20(24)25)14-6-8-15(9-7-14)21(26)27/h6-9,13,16-17H,5,10-12H2,1-4H3/t16-,17-/m1/s1. The first-order chi connectivity index (χ1) is 13.0. The fraction of sp³-hybridized carbons (Fsp3) is 0.632. The van der Waals surface area contributed by atoms with Crippen molar-refractivity contribution in [2.24, 2.45) is 0 Å². The lowest BCUT2D eigenvalue weighted by Gasteiger charge is -2.52. The lowest BCUT2D eigenvalue weighted by molar-refractivity contribution is -0.486. The number of hydrogen-bond acceptors (Lipinski definition) is 7. The highest BCUT2D eigenvalue weighted by atomic mass is 16.7. The fourth-order valence-corrected chi connectivity index (χ4v) is 3.98. The van der Waals surface area contributed by atoms with Crippen molar-refractivity contribution in [3.63, 3.8) is 0 Å². The SMILES string of the molecule is CC1(C)CCCC(C)(C)N1O[C@H](C=O)[C@H](C[N+](=O)[O-])c1ccc([N+](=O)[O-])cc1. The van der Waals surface area contributed by atoms with E-state index >= 15 is 0 Å². The third-order valence-corrected chi connectivity index (χ3v) is 5.31. The van der Waals surface area contributed by atoms with Gasteiger partial charge in [-0.1, -0.05) is 12.1 Å². The smallest absolute Gasteiger partial charge is 0.269 e. The minimum Gasteiger partial charge on any atom is -0.300 e. The zero-order chi connectivity index (χ0) is 21.1. The summed E-state index contributed by atoms with van der Waals surface area (Å²) in [5.74, 6) is -0.859. The van der Waals surface area contributed by atoms with E-state index in [2.05, 4.69) is 0 Å². The Labute approximate surface area is 163 Å². The highest BCUT2D eigenvalue weighted by Crippen LogP contribution is 2.40. The summed E-state index contributed by atoms with van der Waals surface area (Å²) < 4.78 is 0. The molecule has 28 heavy (non-hydrogen) atoms. The number of rotatable bonds is 8. The molecule has 9 heteroatoms. The number of nitro benzene ring substituents is 1. The first-order valence-electron chi connectivity index (χ1n) is 9.26. The summed E-state index contributed by atoms with van der Waals surface area (Å²) in [6.07, 6.45) is 2.27. The number of benzene rings is 1. The maximum atomic E-state index is 11.9. The molecule has 2 rings (SSSR count). The molecular formula is C19H27N3O6. The van der Waals surface area contributed by atoms with Gasteiger partial charge in [0.2, 0.25) is 6.54 Å². The van der Waals surface area contributed by atoms with E-state index in [-0.39, 0.29) is 16.8 Å². The van der Waals surface area contributed by atoms with E-state index < -0.39 is 28.4 Å². The van der Waals surface area contributed by atoms with E-state index in [1.54, 1.807) is 5.06 Å². The number of aldehydes is 1. The van der Waals surface area contributed by atoms with Gasteiger partial charge >= 0.3 is 0 Å². The molecule has 0 spiro atoms. The molecule has 0 radical (unpaired) electrons. The van der Waals surface area contributed by atoms with Crippen molar-refractivity contribution in [1.29, 1.82) is 0 Å². The van der Waals surface area contributed by atoms with Crippen LogP contribution in [0.2, 0.25) is 0 Å². The molecule has 0 N–H and O–H groups in total. The van der Waals surface area contributed by atoms with E-state index in [0.29, 0.717) is 11.8 Å². The Morgan fingerprint density at radius 3 is 2.07 bits per heavy atom. The van der Waals surface area contributed by atoms with E-state index in [1.165, 1.54) is 24.3 Å². The first kappa shape index (κ1) is 21.9. The number of hydrogen-bond donors (Lipinski definition) is 0. The van der Waals surface area contributed by atoms with Crippen molar-refractivity contribution in [2.45, 2.75) is 70.1 Å². The van der Waals surface area contributed by atoms with Crippen molar-refractivity contribution < 1.29 is 19.5 Å². The molecular weight excluding hydrogens is 366 g/mol. The molecule has 1 heterocycles. The van der Waals surface area contributed by atoms with Crippen molar-refractivity contribution in [1.82, 2.24) is 5.06 Å². The molecule has 1 aromatic carbocycles. The Balaban J connectivity index is 2.35. The van der Waals surface area contributed by atoms with Crippen LogP contribution in [0.3, 0.4) is 0 Å². The van der Waals surface area contributed by atoms with Gasteiger partial charge in [-0.25, -0.2) is 0 Å². The largest absolute Gasteiger partial charge is 0.300 e. The van der Waals surface area contributed by atoms with Crippen LogP contribution in [-0.4, -0.2) is 44.9 Å². The van der Waals surface area contributed by atoms with Gasteiger partial charge in [-0.2, -0.15) is 5.06 Å². The van der Waals surface area contributed by atoms with Crippen LogP contribution in [0.4, 0.5) is 5.69 Å². The lowest BCUT2D eigenvalue weighted by atomic mass is 9.82. The third kappa shape index (κ3) is 4.90. The number of carbonyl (C=O) groups excluding carboxylic acids is 1. The van der Waals surface area contributed by atoms with Crippen molar-refractivity contribution >= 4 is 12.0 Å². The third-order valence-electron chi connectivity index (χ3n) is 5.31. The summed E-state index contributed by atoms with van der Waals surface area (Å²) in [7, 11) is 0. The second-order valence-electron chi connectivity index (χ2n) is 8.45. The Kier molecular flexibility index (Phi) is 6.51. The van der Waals surface area contributed by atoms with Gasteiger partial charge in [0.25, 0.3) is 5.69 Å². The molecule has 0 amide bonds.